The van der Waals surface area contributed by atoms with Crippen molar-refractivity contribution in [3.8, 4) is 0 Å². The highest BCUT2D eigenvalue weighted by Gasteiger charge is 2.42. The molecule has 2 saturated heterocycles. The Balaban J connectivity index is 1.96. The van der Waals surface area contributed by atoms with Gasteiger partial charge < -0.3 is 10.6 Å². The molecule has 2 aliphatic rings. The molecule has 0 spiro atoms. The Morgan fingerprint density at radius 3 is 3.00 bits per heavy atom. The van der Waals surface area contributed by atoms with Crippen molar-refractivity contribution < 1.29 is 4.79 Å². The molecule has 3 atom stereocenters. The van der Waals surface area contributed by atoms with Crippen molar-refractivity contribution in [2.75, 3.05) is 5.75 Å². The third-order valence-electron chi connectivity index (χ3n) is 2.64. The molecule has 0 aromatic heterocycles. The van der Waals surface area contributed by atoms with Crippen LogP contribution in [0.2, 0.25) is 0 Å². The van der Waals surface area contributed by atoms with Crippen LogP contribution in [0.15, 0.2) is 0 Å². The highest BCUT2D eigenvalue weighted by Crippen LogP contribution is 2.33. The topological polar surface area (TPSA) is 41.1 Å². The summed E-state index contributed by atoms with van der Waals surface area (Å²) in [6.45, 7) is 4.47. The normalized spacial score (nSPS) is 37.5. The zero-order chi connectivity index (χ0) is 9.42. The maximum atomic E-state index is 11.1. The number of fused-ring (bicyclic) bond motifs is 1. The molecular formula is C9H16N2OS. The van der Waals surface area contributed by atoms with E-state index in [1.165, 1.54) is 6.42 Å². The van der Waals surface area contributed by atoms with E-state index >= 15 is 0 Å². The van der Waals surface area contributed by atoms with E-state index < -0.39 is 0 Å². The van der Waals surface area contributed by atoms with Crippen molar-refractivity contribution >= 4 is 17.8 Å². The van der Waals surface area contributed by atoms with E-state index in [0.29, 0.717) is 23.3 Å². The van der Waals surface area contributed by atoms with Crippen LogP contribution in [0.1, 0.15) is 20.3 Å². The zero-order valence-electron chi connectivity index (χ0n) is 8.04. The van der Waals surface area contributed by atoms with Crippen molar-refractivity contribution in [2.45, 2.75) is 37.6 Å². The molecular weight excluding hydrogens is 184 g/mol. The predicted molar refractivity (Wildman–Crippen MR) is 54.9 cm³/mol. The fraction of sp³-hybridized carbons (Fsp3) is 0.889. The lowest BCUT2D eigenvalue weighted by Gasteiger charge is -2.18. The van der Waals surface area contributed by atoms with Gasteiger partial charge in [-0.1, -0.05) is 13.8 Å². The molecule has 2 heterocycles. The molecule has 13 heavy (non-hydrogen) atoms. The second-order valence-electron chi connectivity index (χ2n) is 4.25. The summed E-state index contributed by atoms with van der Waals surface area (Å²) in [7, 11) is 0. The fourth-order valence-electron chi connectivity index (χ4n) is 2.06. The second-order valence-corrected chi connectivity index (χ2v) is 5.52. The summed E-state index contributed by atoms with van der Waals surface area (Å²) in [4.78, 5) is 11.1. The molecule has 0 unspecified atom stereocenters. The molecule has 2 aliphatic heterocycles. The van der Waals surface area contributed by atoms with Crippen LogP contribution in [-0.2, 0) is 0 Å². The molecule has 2 N–H and O–H groups in total. The number of hydrogen-bond acceptors (Lipinski definition) is 2. The zero-order valence-corrected chi connectivity index (χ0v) is 8.86. The van der Waals surface area contributed by atoms with Gasteiger partial charge >= 0.3 is 6.03 Å². The fourth-order valence-corrected chi connectivity index (χ4v) is 3.79. The summed E-state index contributed by atoms with van der Waals surface area (Å²) < 4.78 is 0. The molecule has 2 amide bonds. The number of thioether (sulfide) groups is 1. The summed E-state index contributed by atoms with van der Waals surface area (Å²) in [5.74, 6) is 1.79. The lowest BCUT2D eigenvalue weighted by atomic mass is 10.00. The number of nitrogens with one attached hydrogen (secondary N) is 2. The first kappa shape index (κ1) is 9.19. The highest BCUT2D eigenvalue weighted by molar-refractivity contribution is 8.00. The minimum atomic E-state index is 0.0176. The summed E-state index contributed by atoms with van der Waals surface area (Å²) in [5, 5.41) is 6.56. The van der Waals surface area contributed by atoms with Crippen LogP contribution < -0.4 is 10.6 Å². The Hall–Kier alpha value is -0.380. The molecule has 2 fully saturated rings. The molecule has 0 radical (unpaired) electrons. The second kappa shape index (κ2) is 3.40. The van der Waals surface area contributed by atoms with Crippen molar-refractivity contribution in [3.05, 3.63) is 0 Å². The molecule has 0 aromatic carbocycles. The summed E-state index contributed by atoms with van der Waals surface area (Å²) in [6.07, 6.45) is 1.20. The first-order chi connectivity index (χ1) is 6.16. The number of urea groups is 1. The Morgan fingerprint density at radius 1 is 1.54 bits per heavy atom. The number of amides is 2. The lowest BCUT2D eigenvalue weighted by Crippen LogP contribution is -2.37. The standard InChI is InChI=1S/C9H16N2OS/c1-5(2)3-7-8-6(4-13-7)10-9(12)11-8/h5-8H,3-4H2,1-2H3,(H2,10,11,12)/t6-,7-,8-/m0/s1. The number of carbonyl (C=O) groups is 1. The minimum Gasteiger partial charge on any atom is -0.332 e. The summed E-state index contributed by atoms with van der Waals surface area (Å²) >= 11 is 1.99. The number of carbonyl (C=O) groups excluding carboxylic acids is 1. The third kappa shape index (κ3) is 1.77. The Morgan fingerprint density at radius 2 is 2.31 bits per heavy atom. The van der Waals surface area contributed by atoms with Crippen LogP contribution in [0.25, 0.3) is 0 Å². The van der Waals surface area contributed by atoms with E-state index in [1.54, 1.807) is 0 Å². The molecule has 3 nitrogen and oxygen atoms in total. The Labute approximate surface area is 83.0 Å². The minimum absolute atomic E-state index is 0.0176. The van der Waals surface area contributed by atoms with E-state index in [2.05, 4.69) is 24.5 Å². The van der Waals surface area contributed by atoms with Gasteiger partial charge in [-0.2, -0.15) is 11.8 Å². The van der Waals surface area contributed by atoms with Gasteiger partial charge in [0.25, 0.3) is 0 Å². The van der Waals surface area contributed by atoms with E-state index in [9.17, 15) is 4.79 Å². The third-order valence-corrected chi connectivity index (χ3v) is 4.11. The first-order valence-electron chi connectivity index (χ1n) is 4.85. The van der Waals surface area contributed by atoms with Gasteiger partial charge in [-0.15, -0.1) is 0 Å². The maximum absolute atomic E-state index is 11.1. The Bertz CT molecular complexity index is 220. The average molecular weight is 200 g/mol. The summed E-state index contributed by atoms with van der Waals surface area (Å²) in [5.41, 5.74) is 0. The quantitative estimate of drug-likeness (QED) is 0.658. The van der Waals surface area contributed by atoms with E-state index in [-0.39, 0.29) is 6.03 Å². The molecule has 2 rings (SSSR count). The molecule has 74 valence electrons. The van der Waals surface area contributed by atoms with Gasteiger partial charge in [0.1, 0.15) is 0 Å². The van der Waals surface area contributed by atoms with Crippen LogP contribution >= 0.6 is 11.8 Å². The molecule has 0 aromatic rings. The van der Waals surface area contributed by atoms with Crippen LogP contribution in [0.5, 0.6) is 0 Å². The lowest BCUT2D eigenvalue weighted by molar-refractivity contribution is 0.246. The van der Waals surface area contributed by atoms with Crippen molar-refractivity contribution in [1.82, 2.24) is 10.6 Å². The molecule has 0 bridgehead atoms. The van der Waals surface area contributed by atoms with Gasteiger partial charge in [-0.3, -0.25) is 0 Å². The van der Waals surface area contributed by atoms with Crippen LogP contribution in [0, 0.1) is 5.92 Å². The van der Waals surface area contributed by atoms with Gasteiger partial charge in [0.05, 0.1) is 12.1 Å². The van der Waals surface area contributed by atoms with Gasteiger partial charge in [0.2, 0.25) is 0 Å². The van der Waals surface area contributed by atoms with Gasteiger partial charge in [0, 0.05) is 11.0 Å². The van der Waals surface area contributed by atoms with Crippen LogP contribution in [-0.4, -0.2) is 29.1 Å². The molecule has 0 saturated carbocycles. The van der Waals surface area contributed by atoms with Crippen molar-refractivity contribution in [3.63, 3.8) is 0 Å². The summed E-state index contributed by atoms with van der Waals surface area (Å²) in [6, 6.07) is 0.769. The highest BCUT2D eigenvalue weighted by atomic mass is 32.2. The SMILES string of the molecule is CC(C)C[C@@H]1SC[C@@H]2NC(=O)N[C@@H]21. The number of hydrogen-bond donors (Lipinski definition) is 2. The predicted octanol–water partition coefficient (Wildman–Crippen LogP) is 1.20. The van der Waals surface area contributed by atoms with Crippen molar-refractivity contribution in [2.24, 2.45) is 5.92 Å². The van der Waals surface area contributed by atoms with Gasteiger partial charge in [-0.05, 0) is 12.3 Å². The van der Waals surface area contributed by atoms with E-state index in [0.717, 1.165) is 5.75 Å². The molecule has 0 aliphatic carbocycles. The van der Waals surface area contributed by atoms with E-state index in [4.69, 9.17) is 0 Å². The average Bonchev–Trinajstić information content (AvgIpc) is 2.51. The van der Waals surface area contributed by atoms with Crippen LogP contribution in [0.3, 0.4) is 0 Å². The number of rotatable bonds is 2. The Kier molecular flexibility index (Phi) is 2.41. The maximum Gasteiger partial charge on any atom is 0.315 e. The van der Waals surface area contributed by atoms with Crippen molar-refractivity contribution in [1.29, 1.82) is 0 Å². The smallest absolute Gasteiger partial charge is 0.315 e. The largest absolute Gasteiger partial charge is 0.332 e. The first-order valence-corrected chi connectivity index (χ1v) is 5.90. The van der Waals surface area contributed by atoms with E-state index in [1.807, 2.05) is 11.8 Å². The van der Waals surface area contributed by atoms with Gasteiger partial charge in [-0.25, -0.2) is 4.79 Å². The monoisotopic (exact) mass is 200 g/mol. The van der Waals surface area contributed by atoms with Gasteiger partial charge in [0.15, 0.2) is 0 Å². The van der Waals surface area contributed by atoms with Crippen LogP contribution in [0.4, 0.5) is 4.79 Å². The molecule has 4 heteroatoms.